The Morgan fingerprint density at radius 2 is 1.76 bits per heavy atom. The van der Waals surface area contributed by atoms with Crippen molar-refractivity contribution in [2.24, 2.45) is 0 Å². The van der Waals surface area contributed by atoms with Crippen LogP contribution in [0.25, 0.3) is 0 Å². The fourth-order valence-electron chi connectivity index (χ4n) is 3.60. The van der Waals surface area contributed by atoms with Crippen LogP contribution < -0.4 is 5.32 Å². The van der Waals surface area contributed by atoms with Crippen molar-refractivity contribution in [1.82, 2.24) is 10.2 Å². The maximum atomic E-state index is 12.1. The summed E-state index contributed by atoms with van der Waals surface area (Å²) in [5, 5.41) is 12.5. The zero-order valence-corrected chi connectivity index (χ0v) is 15.5. The summed E-state index contributed by atoms with van der Waals surface area (Å²) in [5.41, 5.74) is 1.27. The van der Waals surface area contributed by atoms with E-state index >= 15 is 0 Å². The number of benzene rings is 1. The Bertz CT molecular complexity index is 470. The van der Waals surface area contributed by atoms with Gasteiger partial charge in [0.15, 0.2) is 0 Å². The Morgan fingerprint density at radius 1 is 1.04 bits per heavy atom. The average Bonchev–Trinajstić information content (AvgIpc) is 2.88. The van der Waals surface area contributed by atoms with E-state index in [1.165, 1.54) is 31.2 Å². The summed E-state index contributed by atoms with van der Waals surface area (Å²) in [6, 6.07) is 10.7. The van der Waals surface area contributed by atoms with Gasteiger partial charge in [-0.25, -0.2) is 0 Å². The van der Waals surface area contributed by atoms with Crippen LogP contribution in [0.4, 0.5) is 0 Å². The van der Waals surface area contributed by atoms with Gasteiger partial charge in [0.25, 0.3) is 0 Å². The maximum Gasteiger partial charge on any atom is 0.220 e. The topological polar surface area (TPSA) is 52.6 Å². The molecule has 0 saturated heterocycles. The van der Waals surface area contributed by atoms with Crippen LogP contribution in [-0.4, -0.2) is 41.7 Å². The van der Waals surface area contributed by atoms with Crippen LogP contribution in [0.1, 0.15) is 63.4 Å². The van der Waals surface area contributed by atoms with Gasteiger partial charge in [0.2, 0.25) is 5.91 Å². The Hall–Kier alpha value is -1.39. The van der Waals surface area contributed by atoms with Crippen molar-refractivity contribution < 1.29 is 9.90 Å². The van der Waals surface area contributed by atoms with Crippen LogP contribution in [0.3, 0.4) is 0 Å². The smallest absolute Gasteiger partial charge is 0.220 e. The number of unbranched alkanes of at least 4 members (excludes halogenated alkanes) is 1. The SMILES string of the molecule is O=C(CCCCN(CCO)Cc1ccccc1)NC1CCCCCC1. The van der Waals surface area contributed by atoms with Gasteiger partial charge in [0, 0.05) is 25.6 Å². The van der Waals surface area contributed by atoms with Gasteiger partial charge in [-0.2, -0.15) is 0 Å². The molecule has 0 unspecified atom stereocenters. The lowest BCUT2D eigenvalue weighted by molar-refractivity contribution is -0.122. The summed E-state index contributed by atoms with van der Waals surface area (Å²) >= 11 is 0. The van der Waals surface area contributed by atoms with E-state index in [-0.39, 0.29) is 12.5 Å². The second-order valence-electron chi connectivity index (χ2n) is 7.20. The molecule has 0 bridgehead atoms. The summed E-state index contributed by atoms with van der Waals surface area (Å²) in [6.07, 6.45) is 9.94. The second kappa shape index (κ2) is 12.0. The van der Waals surface area contributed by atoms with Crippen molar-refractivity contribution in [2.45, 2.75) is 70.4 Å². The van der Waals surface area contributed by atoms with Crippen LogP contribution in [0.2, 0.25) is 0 Å². The molecule has 1 saturated carbocycles. The van der Waals surface area contributed by atoms with Gasteiger partial charge in [-0.1, -0.05) is 56.0 Å². The molecule has 1 aromatic rings. The first-order valence-corrected chi connectivity index (χ1v) is 9.94. The molecule has 4 nitrogen and oxygen atoms in total. The lowest BCUT2D eigenvalue weighted by Gasteiger charge is -2.21. The second-order valence-corrected chi connectivity index (χ2v) is 7.20. The molecule has 0 heterocycles. The number of nitrogens with one attached hydrogen (secondary N) is 1. The average molecular weight is 347 g/mol. The molecular formula is C21H34N2O2. The lowest BCUT2D eigenvalue weighted by Crippen LogP contribution is -2.34. The summed E-state index contributed by atoms with van der Waals surface area (Å²) < 4.78 is 0. The number of nitrogens with zero attached hydrogens (tertiary/aromatic N) is 1. The highest BCUT2D eigenvalue weighted by Crippen LogP contribution is 2.17. The largest absolute Gasteiger partial charge is 0.395 e. The van der Waals surface area contributed by atoms with Gasteiger partial charge in [0.05, 0.1) is 6.61 Å². The Morgan fingerprint density at radius 3 is 2.44 bits per heavy atom. The van der Waals surface area contributed by atoms with E-state index in [0.717, 1.165) is 38.8 Å². The maximum absolute atomic E-state index is 12.1. The Labute approximate surface area is 152 Å². The molecule has 0 aliphatic heterocycles. The first-order valence-electron chi connectivity index (χ1n) is 9.94. The zero-order chi connectivity index (χ0) is 17.7. The van der Waals surface area contributed by atoms with Crippen LogP contribution in [-0.2, 0) is 11.3 Å². The van der Waals surface area contributed by atoms with Gasteiger partial charge < -0.3 is 10.4 Å². The van der Waals surface area contributed by atoms with Crippen molar-refractivity contribution >= 4 is 5.91 Å². The van der Waals surface area contributed by atoms with Gasteiger partial charge in [-0.3, -0.25) is 9.69 Å². The van der Waals surface area contributed by atoms with Crippen LogP contribution >= 0.6 is 0 Å². The van der Waals surface area contributed by atoms with Crippen LogP contribution in [0.15, 0.2) is 30.3 Å². The molecule has 0 aromatic heterocycles. The normalized spacial score (nSPS) is 15.9. The molecule has 1 aromatic carbocycles. The van der Waals surface area contributed by atoms with E-state index in [2.05, 4.69) is 22.3 Å². The lowest BCUT2D eigenvalue weighted by atomic mass is 10.1. The first-order chi connectivity index (χ1) is 12.3. The monoisotopic (exact) mass is 346 g/mol. The van der Waals surface area contributed by atoms with Crippen molar-refractivity contribution in [3.05, 3.63) is 35.9 Å². The number of amides is 1. The highest BCUT2D eigenvalue weighted by atomic mass is 16.3. The predicted octanol–water partition coefficient (Wildman–Crippen LogP) is 3.49. The number of aliphatic hydroxyl groups excluding tert-OH is 1. The molecule has 1 amide bonds. The zero-order valence-electron chi connectivity index (χ0n) is 15.5. The minimum absolute atomic E-state index is 0.176. The minimum atomic E-state index is 0.176. The molecule has 2 rings (SSSR count). The molecule has 25 heavy (non-hydrogen) atoms. The number of carbonyl (C=O) groups excluding carboxylic acids is 1. The third-order valence-electron chi connectivity index (χ3n) is 5.01. The molecule has 140 valence electrons. The van der Waals surface area contributed by atoms with Gasteiger partial charge in [-0.05, 0) is 37.8 Å². The summed E-state index contributed by atoms with van der Waals surface area (Å²) in [6.45, 7) is 2.64. The highest BCUT2D eigenvalue weighted by Gasteiger charge is 2.14. The minimum Gasteiger partial charge on any atom is -0.395 e. The molecule has 1 aliphatic rings. The van der Waals surface area contributed by atoms with Crippen molar-refractivity contribution in [2.75, 3.05) is 19.7 Å². The Balaban J connectivity index is 1.62. The van der Waals surface area contributed by atoms with Crippen molar-refractivity contribution in [3.8, 4) is 0 Å². The molecule has 0 spiro atoms. The van der Waals surface area contributed by atoms with Gasteiger partial charge in [-0.15, -0.1) is 0 Å². The molecule has 0 atom stereocenters. The van der Waals surface area contributed by atoms with E-state index in [9.17, 15) is 9.90 Å². The fraction of sp³-hybridized carbons (Fsp3) is 0.667. The third kappa shape index (κ3) is 8.50. The van der Waals surface area contributed by atoms with Crippen molar-refractivity contribution in [1.29, 1.82) is 0 Å². The number of rotatable bonds is 10. The van der Waals surface area contributed by atoms with E-state index < -0.39 is 0 Å². The van der Waals surface area contributed by atoms with E-state index in [0.29, 0.717) is 19.0 Å². The van der Waals surface area contributed by atoms with Gasteiger partial charge >= 0.3 is 0 Å². The van der Waals surface area contributed by atoms with E-state index in [1.54, 1.807) is 0 Å². The molecule has 2 N–H and O–H groups in total. The predicted molar refractivity (Wildman–Crippen MR) is 102 cm³/mol. The molecular weight excluding hydrogens is 312 g/mol. The van der Waals surface area contributed by atoms with E-state index in [1.807, 2.05) is 18.2 Å². The first kappa shape index (κ1) is 19.9. The van der Waals surface area contributed by atoms with E-state index in [4.69, 9.17) is 0 Å². The molecule has 1 fully saturated rings. The number of carbonyl (C=O) groups is 1. The standard InChI is InChI=1S/C21H34N2O2/c24-17-16-23(18-19-10-4-3-5-11-19)15-9-8-14-21(25)22-20-12-6-1-2-7-13-20/h3-5,10-11,20,24H,1-2,6-9,12-18H2,(H,22,25). The molecule has 4 heteroatoms. The quantitative estimate of drug-likeness (QED) is 0.504. The summed E-state index contributed by atoms with van der Waals surface area (Å²) in [7, 11) is 0. The number of aliphatic hydroxyl groups is 1. The van der Waals surface area contributed by atoms with Gasteiger partial charge in [0.1, 0.15) is 0 Å². The molecule has 1 aliphatic carbocycles. The van der Waals surface area contributed by atoms with Crippen molar-refractivity contribution in [3.63, 3.8) is 0 Å². The Kier molecular flexibility index (Phi) is 9.60. The summed E-state index contributed by atoms with van der Waals surface area (Å²) in [5.74, 6) is 0.212. The third-order valence-corrected chi connectivity index (χ3v) is 5.01. The fourth-order valence-corrected chi connectivity index (χ4v) is 3.60. The highest BCUT2D eigenvalue weighted by molar-refractivity contribution is 5.76. The molecule has 0 radical (unpaired) electrons. The van der Waals surface area contributed by atoms with Crippen LogP contribution in [0, 0.1) is 0 Å². The number of hydrogen-bond acceptors (Lipinski definition) is 3. The number of hydrogen-bond donors (Lipinski definition) is 2. The summed E-state index contributed by atoms with van der Waals surface area (Å²) in [4.78, 5) is 14.4. The van der Waals surface area contributed by atoms with Crippen LogP contribution in [0.5, 0.6) is 0 Å².